The summed E-state index contributed by atoms with van der Waals surface area (Å²) in [7, 11) is 0. The Morgan fingerprint density at radius 3 is 3.00 bits per heavy atom. The molecular formula is C13H18. The first kappa shape index (κ1) is 7.84. The van der Waals surface area contributed by atoms with Crippen LogP contribution >= 0.6 is 0 Å². The predicted molar refractivity (Wildman–Crippen MR) is 55.4 cm³/mol. The van der Waals surface area contributed by atoms with Crippen LogP contribution in [0.25, 0.3) is 0 Å². The molecule has 0 aromatic rings. The van der Waals surface area contributed by atoms with E-state index in [0.717, 1.165) is 17.8 Å². The predicted octanol–water partition coefficient (Wildman–Crippen LogP) is 3.70. The molecule has 0 heteroatoms. The fraction of sp³-hybridized carbons (Fsp3) is 0.692. The Morgan fingerprint density at radius 1 is 1.31 bits per heavy atom. The third-order valence-electron chi connectivity index (χ3n) is 4.11. The monoisotopic (exact) mass is 174 g/mol. The Labute approximate surface area is 80.7 Å². The van der Waals surface area contributed by atoms with Crippen LogP contribution in [0.1, 0.15) is 39.5 Å². The fourth-order valence-electron chi connectivity index (χ4n) is 3.21. The van der Waals surface area contributed by atoms with E-state index in [1.165, 1.54) is 25.7 Å². The normalized spacial score (nSPS) is 42.3. The molecule has 0 nitrogen and oxygen atoms in total. The maximum Gasteiger partial charge on any atom is -0.0126 e. The number of hydrogen-bond acceptors (Lipinski definition) is 0. The Balaban J connectivity index is 1.98. The van der Waals surface area contributed by atoms with Crippen LogP contribution < -0.4 is 0 Å². The van der Waals surface area contributed by atoms with E-state index in [1.54, 1.807) is 11.1 Å². The summed E-state index contributed by atoms with van der Waals surface area (Å²) >= 11 is 0. The fourth-order valence-corrected chi connectivity index (χ4v) is 3.21. The largest absolute Gasteiger partial charge is 0.0693 e. The number of hydrogen-bond donors (Lipinski definition) is 0. The zero-order valence-corrected chi connectivity index (χ0v) is 8.64. The minimum absolute atomic E-state index is 0.929. The van der Waals surface area contributed by atoms with Crippen molar-refractivity contribution in [1.29, 1.82) is 0 Å². The summed E-state index contributed by atoms with van der Waals surface area (Å²) in [6.07, 6.45) is 8.17. The van der Waals surface area contributed by atoms with E-state index in [4.69, 9.17) is 0 Å². The third kappa shape index (κ3) is 1.11. The molecule has 1 fully saturated rings. The van der Waals surface area contributed by atoms with Crippen molar-refractivity contribution in [1.82, 2.24) is 0 Å². The summed E-state index contributed by atoms with van der Waals surface area (Å²) in [6.45, 7) is 4.72. The van der Waals surface area contributed by atoms with Gasteiger partial charge in [-0.25, -0.2) is 0 Å². The Hall–Kier alpha value is -0.520. The highest BCUT2D eigenvalue weighted by Crippen LogP contribution is 2.56. The molecule has 3 unspecified atom stereocenters. The summed E-state index contributed by atoms with van der Waals surface area (Å²) < 4.78 is 0. The van der Waals surface area contributed by atoms with Gasteiger partial charge in [0.1, 0.15) is 0 Å². The smallest absolute Gasteiger partial charge is 0.0126 e. The highest BCUT2D eigenvalue weighted by atomic mass is 14.5. The summed E-state index contributed by atoms with van der Waals surface area (Å²) in [5.74, 6) is 2.89. The molecule has 13 heavy (non-hydrogen) atoms. The molecule has 0 bridgehead atoms. The second-order valence-corrected chi connectivity index (χ2v) is 5.24. The molecule has 0 amide bonds. The van der Waals surface area contributed by atoms with Gasteiger partial charge < -0.3 is 0 Å². The summed E-state index contributed by atoms with van der Waals surface area (Å²) in [5.41, 5.74) is 5.22. The molecule has 3 aliphatic rings. The van der Waals surface area contributed by atoms with Crippen molar-refractivity contribution >= 4 is 0 Å². The summed E-state index contributed by atoms with van der Waals surface area (Å²) in [4.78, 5) is 0. The minimum Gasteiger partial charge on any atom is -0.0693 e. The van der Waals surface area contributed by atoms with Crippen LogP contribution in [0.2, 0.25) is 0 Å². The number of allylic oxidation sites excluding steroid dienone is 4. The molecular weight excluding hydrogens is 156 g/mol. The molecule has 0 heterocycles. The van der Waals surface area contributed by atoms with Crippen molar-refractivity contribution < 1.29 is 0 Å². The van der Waals surface area contributed by atoms with Gasteiger partial charge >= 0.3 is 0 Å². The molecule has 0 saturated heterocycles. The number of fused-ring (bicyclic) bond motifs is 2. The van der Waals surface area contributed by atoms with Crippen LogP contribution in [0.3, 0.4) is 0 Å². The standard InChI is InChI=1S/C13H18/c1-8-3-4-11-10(5-8)6-9(2)12-7-13(11)12/h6,8,12-13H,3-5,7H2,1-2H3. The Bertz CT molecular complexity index is 306. The van der Waals surface area contributed by atoms with Crippen molar-refractivity contribution in [3.05, 3.63) is 22.8 Å². The average Bonchev–Trinajstić information content (AvgIpc) is 2.83. The lowest BCUT2D eigenvalue weighted by Crippen LogP contribution is -2.11. The maximum atomic E-state index is 2.50. The second-order valence-electron chi connectivity index (χ2n) is 5.24. The maximum absolute atomic E-state index is 2.50. The lowest BCUT2D eigenvalue weighted by Gasteiger charge is -2.26. The molecule has 0 aliphatic heterocycles. The second kappa shape index (κ2) is 2.50. The Morgan fingerprint density at radius 2 is 2.15 bits per heavy atom. The van der Waals surface area contributed by atoms with E-state index < -0.39 is 0 Å². The lowest BCUT2D eigenvalue weighted by atomic mass is 9.79. The van der Waals surface area contributed by atoms with Crippen molar-refractivity contribution in [2.24, 2.45) is 17.8 Å². The van der Waals surface area contributed by atoms with Gasteiger partial charge in [-0.3, -0.25) is 0 Å². The summed E-state index contributed by atoms with van der Waals surface area (Å²) in [6, 6.07) is 0. The van der Waals surface area contributed by atoms with Crippen LogP contribution in [-0.2, 0) is 0 Å². The van der Waals surface area contributed by atoms with Crippen molar-refractivity contribution in [2.75, 3.05) is 0 Å². The van der Waals surface area contributed by atoms with Gasteiger partial charge in [0.25, 0.3) is 0 Å². The van der Waals surface area contributed by atoms with Crippen molar-refractivity contribution in [2.45, 2.75) is 39.5 Å². The third-order valence-corrected chi connectivity index (χ3v) is 4.11. The topological polar surface area (TPSA) is 0 Å². The highest BCUT2D eigenvalue weighted by Gasteiger charge is 2.44. The van der Waals surface area contributed by atoms with Gasteiger partial charge in [0, 0.05) is 0 Å². The van der Waals surface area contributed by atoms with Crippen LogP contribution in [0.5, 0.6) is 0 Å². The van der Waals surface area contributed by atoms with Gasteiger partial charge in [0.15, 0.2) is 0 Å². The molecule has 0 aromatic carbocycles. The average molecular weight is 174 g/mol. The van der Waals surface area contributed by atoms with Gasteiger partial charge in [-0.1, -0.05) is 24.1 Å². The molecule has 0 spiro atoms. The molecule has 3 aliphatic carbocycles. The van der Waals surface area contributed by atoms with E-state index in [0.29, 0.717) is 0 Å². The SMILES string of the molecule is CC1=CC2=C(CCC(C)C2)C2CC12. The van der Waals surface area contributed by atoms with Crippen molar-refractivity contribution in [3.8, 4) is 0 Å². The zero-order chi connectivity index (χ0) is 9.00. The molecule has 70 valence electrons. The van der Waals surface area contributed by atoms with E-state index in [2.05, 4.69) is 19.9 Å². The van der Waals surface area contributed by atoms with Crippen LogP contribution in [0.4, 0.5) is 0 Å². The molecule has 0 radical (unpaired) electrons. The molecule has 3 rings (SSSR count). The van der Waals surface area contributed by atoms with E-state index in [1.807, 2.05) is 5.57 Å². The van der Waals surface area contributed by atoms with Crippen LogP contribution in [0.15, 0.2) is 22.8 Å². The molecule has 0 N–H and O–H groups in total. The first-order valence-electron chi connectivity index (χ1n) is 5.66. The van der Waals surface area contributed by atoms with Gasteiger partial charge in [0.2, 0.25) is 0 Å². The van der Waals surface area contributed by atoms with Crippen LogP contribution in [0, 0.1) is 17.8 Å². The molecule has 3 atom stereocenters. The first-order chi connectivity index (χ1) is 6.25. The minimum atomic E-state index is 0.929. The summed E-state index contributed by atoms with van der Waals surface area (Å²) in [5, 5.41) is 0. The molecule has 0 aromatic heterocycles. The molecule has 1 saturated carbocycles. The first-order valence-corrected chi connectivity index (χ1v) is 5.66. The van der Waals surface area contributed by atoms with E-state index in [-0.39, 0.29) is 0 Å². The van der Waals surface area contributed by atoms with Gasteiger partial charge in [-0.15, -0.1) is 0 Å². The van der Waals surface area contributed by atoms with Gasteiger partial charge in [-0.2, -0.15) is 0 Å². The van der Waals surface area contributed by atoms with E-state index in [9.17, 15) is 0 Å². The van der Waals surface area contributed by atoms with Crippen LogP contribution in [-0.4, -0.2) is 0 Å². The van der Waals surface area contributed by atoms with E-state index >= 15 is 0 Å². The zero-order valence-electron chi connectivity index (χ0n) is 8.64. The lowest BCUT2D eigenvalue weighted by molar-refractivity contribution is 0.485. The van der Waals surface area contributed by atoms with Gasteiger partial charge in [0.05, 0.1) is 0 Å². The van der Waals surface area contributed by atoms with Gasteiger partial charge in [-0.05, 0) is 55.9 Å². The van der Waals surface area contributed by atoms with Crippen molar-refractivity contribution in [3.63, 3.8) is 0 Å². The quantitative estimate of drug-likeness (QED) is 0.525. The number of rotatable bonds is 0. The Kier molecular flexibility index (Phi) is 1.51. The highest BCUT2D eigenvalue weighted by molar-refractivity contribution is 5.42.